The van der Waals surface area contributed by atoms with Crippen LogP contribution in [0.15, 0.2) is 53.0 Å². The van der Waals surface area contributed by atoms with E-state index in [4.69, 9.17) is 18.0 Å². The molecule has 0 radical (unpaired) electrons. The van der Waals surface area contributed by atoms with Crippen molar-refractivity contribution in [2.45, 2.75) is 44.6 Å². The van der Waals surface area contributed by atoms with Crippen LogP contribution in [0.2, 0.25) is 5.54 Å². The van der Waals surface area contributed by atoms with Crippen LogP contribution in [0.5, 0.6) is 0 Å². The summed E-state index contributed by atoms with van der Waals surface area (Å²) in [5.41, 5.74) is 1.83. The molecule has 0 N–H and O–H groups in total. The zero-order chi connectivity index (χ0) is 25.8. The maximum absolute atomic E-state index is 13.6. The quantitative estimate of drug-likeness (QED) is 0.262. The SMILES string of the molecule is C=C1CC(C(=O)OC)=C[C@H]([Si](OCC)(OCC)OCC)[C@H]2CN(S(=O)(=O)c3ccc(C)cc3)C[C@@H]12. The summed E-state index contributed by atoms with van der Waals surface area (Å²) < 4.78 is 52.4. The average Bonchev–Trinajstić information content (AvgIpc) is 3.22. The van der Waals surface area contributed by atoms with Gasteiger partial charge < -0.3 is 18.0 Å². The fourth-order valence-corrected chi connectivity index (χ4v) is 9.88. The van der Waals surface area contributed by atoms with Crippen LogP contribution in [0.25, 0.3) is 0 Å². The number of hydrogen-bond acceptors (Lipinski definition) is 7. The molecule has 35 heavy (non-hydrogen) atoms. The van der Waals surface area contributed by atoms with Crippen molar-refractivity contribution in [3.63, 3.8) is 0 Å². The lowest BCUT2D eigenvalue weighted by Gasteiger charge is -2.37. The van der Waals surface area contributed by atoms with Crippen LogP contribution in [-0.2, 0) is 32.8 Å². The highest BCUT2D eigenvalue weighted by atomic mass is 32.2. The Morgan fingerprint density at radius 1 is 1.06 bits per heavy atom. The first-order valence-electron chi connectivity index (χ1n) is 12.1. The summed E-state index contributed by atoms with van der Waals surface area (Å²) in [6.07, 6.45) is 2.15. The molecule has 194 valence electrons. The van der Waals surface area contributed by atoms with Gasteiger partial charge in [-0.15, -0.1) is 0 Å². The number of nitrogens with zero attached hydrogens (tertiary/aromatic N) is 1. The Kier molecular flexibility index (Phi) is 9.11. The lowest BCUT2D eigenvalue weighted by atomic mass is 9.87. The molecule has 2 aliphatic rings. The number of ether oxygens (including phenoxy) is 1. The molecule has 0 saturated carbocycles. The highest BCUT2D eigenvalue weighted by Gasteiger charge is 2.57. The first kappa shape index (κ1) is 27.8. The molecule has 3 rings (SSSR count). The molecule has 0 bridgehead atoms. The van der Waals surface area contributed by atoms with Crippen molar-refractivity contribution in [2.75, 3.05) is 40.0 Å². The number of methoxy groups -OCH3 is 1. The van der Waals surface area contributed by atoms with Gasteiger partial charge in [0.1, 0.15) is 0 Å². The van der Waals surface area contributed by atoms with Gasteiger partial charge in [-0.3, -0.25) is 0 Å². The maximum Gasteiger partial charge on any atom is 0.508 e. The van der Waals surface area contributed by atoms with E-state index < -0.39 is 30.3 Å². The van der Waals surface area contributed by atoms with Crippen LogP contribution in [-0.4, -0.2) is 67.5 Å². The van der Waals surface area contributed by atoms with Gasteiger partial charge in [-0.05, 0) is 51.7 Å². The van der Waals surface area contributed by atoms with Gasteiger partial charge in [0.15, 0.2) is 0 Å². The summed E-state index contributed by atoms with van der Waals surface area (Å²) >= 11 is 0. The Bertz CT molecular complexity index is 1040. The molecule has 8 nitrogen and oxygen atoms in total. The van der Waals surface area contributed by atoms with E-state index in [0.717, 1.165) is 11.1 Å². The minimum absolute atomic E-state index is 0.188. The topological polar surface area (TPSA) is 91.4 Å². The van der Waals surface area contributed by atoms with Crippen molar-refractivity contribution in [3.05, 3.63) is 53.6 Å². The van der Waals surface area contributed by atoms with Gasteiger partial charge in [-0.1, -0.05) is 35.9 Å². The fourth-order valence-electron chi connectivity index (χ4n) is 5.07. The Hall–Kier alpha value is -1.82. The predicted octanol–water partition coefficient (Wildman–Crippen LogP) is 3.71. The van der Waals surface area contributed by atoms with E-state index in [1.807, 2.05) is 33.8 Å². The number of benzene rings is 1. The third kappa shape index (κ3) is 5.62. The summed E-state index contributed by atoms with van der Waals surface area (Å²) in [5, 5.41) is 0. The summed E-state index contributed by atoms with van der Waals surface area (Å²) in [7, 11) is -5.73. The van der Waals surface area contributed by atoms with E-state index >= 15 is 0 Å². The zero-order valence-electron chi connectivity index (χ0n) is 21.3. The van der Waals surface area contributed by atoms with Gasteiger partial charge in [0.2, 0.25) is 10.0 Å². The lowest BCUT2D eigenvalue weighted by molar-refractivity contribution is -0.136. The van der Waals surface area contributed by atoms with Gasteiger partial charge in [0, 0.05) is 44.9 Å². The molecule has 1 aromatic carbocycles. The van der Waals surface area contributed by atoms with E-state index in [-0.39, 0.29) is 29.8 Å². The Morgan fingerprint density at radius 3 is 2.14 bits per heavy atom. The molecule has 0 unspecified atom stereocenters. The molecule has 1 fully saturated rings. The second-order valence-corrected chi connectivity index (χ2v) is 13.5. The molecule has 0 amide bonds. The maximum atomic E-state index is 13.6. The number of esters is 1. The van der Waals surface area contributed by atoms with Crippen LogP contribution in [0.1, 0.15) is 32.8 Å². The standard InChI is InChI=1S/C25H37NO7SSi/c1-7-31-35(32-8-2,33-9-3)24-15-20(25(27)30-6)14-19(5)22-16-26(17-23(22)24)34(28,29)21-12-10-18(4)11-13-21/h10-13,15,22-24H,5,7-9,14,16-17H2,1-4,6H3/t22-,23-,24-/m0/s1. The lowest BCUT2D eigenvalue weighted by Crippen LogP contribution is -2.53. The van der Waals surface area contributed by atoms with Crippen molar-refractivity contribution in [3.8, 4) is 0 Å². The number of allylic oxidation sites excluding steroid dienone is 1. The Labute approximate surface area is 210 Å². The number of aryl methyl sites for hydroxylation is 1. The minimum Gasteiger partial charge on any atom is -0.466 e. The van der Waals surface area contributed by atoms with Crippen molar-refractivity contribution in [1.82, 2.24) is 4.31 Å². The molecule has 0 spiro atoms. The van der Waals surface area contributed by atoms with Crippen LogP contribution in [0, 0.1) is 18.8 Å². The fraction of sp³-hybridized carbons (Fsp3) is 0.560. The zero-order valence-corrected chi connectivity index (χ0v) is 23.1. The van der Waals surface area contributed by atoms with Crippen molar-refractivity contribution in [1.29, 1.82) is 0 Å². The monoisotopic (exact) mass is 523 g/mol. The highest BCUT2D eigenvalue weighted by molar-refractivity contribution is 7.89. The number of hydrogen-bond donors (Lipinski definition) is 0. The molecule has 1 aromatic rings. The first-order valence-corrected chi connectivity index (χ1v) is 15.3. The summed E-state index contributed by atoms with van der Waals surface area (Å²) in [6, 6.07) is 6.87. The normalized spacial score (nSPS) is 23.5. The average molecular weight is 524 g/mol. The molecule has 1 saturated heterocycles. The summed E-state index contributed by atoms with van der Waals surface area (Å²) in [6.45, 7) is 13.4. The van der Waals surface area contributed by atoms with E-state index in [1.54, 1.807) is 24.3 Å². The van der Waals surface area contributed by atoms with Crippen molar-refractivity contribution in [2.24, 2.45) is 11.8 Å². The van der Waals surface area contributed by atoms with Crippen LogP contribution >= 0.6 is 0 Å². The van der Waals surface area contributed by atoms with E-state index in [1.165, 1.54) is 11.4 Å². The second kappa shape index (κ2) is 11.5. The van der Waals surface area contributed by atoms with E-state index in [2.05, 4.69) is 6.58 Å². The largest absolute Gasteiger partial charge is 0.508 e. The van der Waals surface area contributed by atoms with Crippen molar-refractivity contribution < 1.29 is 31.2 Å². The van der Waals surface area contributed by atoms with Gasteiger partial charge in [0.25, 0.3) is 0 Å². The molecule has 1 aliphatic heterocycles. The van der Waals surface area contributed by atoms with Gasteiger partial charge in [-0.25, -0.2) is 13.2 Å². The van der Waals surface area contributed by atoms with Gasteiger partial charge >= 0.3 is 14.8 Å². The first-order chi connectivity index (χ1) is 16.6. The Morgan fingerprint density at radius 2 is 1.63 bits per heavy atom. The smallest absolute Gasteiger partial charge is 0.466 e. The molecular weight excluding hydrogens is 486 g/mol. The summed E-state index contributed by atoms with van der Waals surface area (Å²) in [5.74, 6) is -0.847. The number of rotatable bonds is 10. The summed E-state index contributed by atoms with van der Waals surface area (Å²) in [4.78, 5) is 12.9. The number of carbonyl (C=O) groups is 1. The second-order valence-electron chi connectivity index (χ2n) is 8.85. The third-order valence-corrected chi connectivity index (χ3v) is 12.0. The minimum atomic E-state index is -3.72. The number of fused-ring (bicyclic) bond motifs is 1. The van der Waals surface area contributed by atoms with E-state index in [9.17, 15) is 13.2 Å². The molecule has 1 aliphatic carbocycles. The van der Waals surface area contributed by atoms with Gasteiger partial charge in [-0.2, -0.15) is 4.31 Å². The number of carbonyl (C=O) groups excluding carboxylic acids is 1. The van der Waals surface area contributed by atoms with Crippen LogP contribution in [0.3, 0.4) is 0 Å². The van der Waals surface area contributed by atoms with Crippen molar-refractivity contribution >= 4 is 24.8 Å². The number of sulfonamides is 1. The molecule has 0 aromatic heterocycles. The molecule has 3 atom stereocenters. The Balaban J connectivity index is 2.10. The molecule has 10 heteroatoms. The predicted molar refractivity (Wildman–Crippen MR) is 135 cm³/mol. The van der Waals surface area contributed by atoms with Crippen LogP contribution in [0.4, 0.5) is 0 Å². The van der Waals surface area contributed by atoms with E-state index in [0.29, 0.717) is 31.8 Å². The third-order valence-electron chi connectivity index (χ3n) is 6.67. The molecule has 1 heterocycles. The molecular formula is C25H37NO7SSi. The highest BCUT2D eigenvalue weighted by Crippen LogP contribution is 2.49. The van der Waals surface area contributed by atoms with Gasteiger partial charge in [0.05, 0.1) is 17.5 Å². The van der Waals surface area contributed by atoms with Crippen LogP contribution < -0.4 is 0 Å².